The average molecular weight is 402 g/mol. The molecule has 0 spiro atoms. The number of amides is 1. The molecule has 2 aromatic heterocycles. The molecule has 1 unspecified atom stereocenters. The van der Waals surface area contributed by atoms with Crippen LogP contribution in [0.3, 0.4) is 0 Å². The van der Waals surface area contributed by atoms with E-state index < -0.39 is 0 Å². The van der Waals surface area contributed by atoms with E-state index in [2.05, 4.69) is 20.6 Å². The Labute approximate surface area is 174 Å². The smallest absolute Gasteiger partial charge is 0.270 e. The number of ether oxygens (including phenoxy) is 1. The Morgan fingerprint density at radius 1 is 1.07 bits per heavy atom. The third-order valence-corrected chi connectivity index (χ3v) is 4.80. The molecule has 1 amide bonds. The van der Waals surface area contributed by atoms with E-state index in [-0.39, 0.29) is 11.9 Å². The minimum Gasteiger partial charge on any atom is -0.497 e. The van der Waals surface area contributed by atoms with E-state index in [4.69, 9.17) is 4.74 Å². The maximum Gasteiger partial charge on any atom is 0.270 e. The lowest BCUT2D eigenvalue weighted by atomic mass is 10.1. The van der Waals surface area contributed by atoms with Gasteiger partial charge in [-0.05, 0) is 23.8 Å². The van der Waals surface area contributed by atoms with Gasteiger partial charge in [0, 0.05) is 12.6 Å². The molecule has 152 valence electrons. The molecule has 0 aliphatic carbocycles. The summed E-state index contributed by atoms with van der Waals surface area (Å²) >= 11 is 0. The summed E-state index contributed by atoms with van der Waals surface area (Å²) in [6.07, 6.45) is 3.23. The van der Waals surface area contributed by atoms with Gasteiger partial charge in [-0.2, -0.15) is 20.1 Å². The normalized spacial score (nSPS) is 11.8. The van der Waals surface area contributed by atoms with Crippen molar-refractivity contribution >= 4 is 5.91 Å². The van der Waals surface area contributed by atoms with Crippen LogP contribution in [-0.4, -0.2) is 37.8 Å². The third kappa shape index (κ3) is 4.22. The number of hydrogen-bond acceptors (Lipinski definition) is 5. The third-order valence-electron chi connectivity index (χ3n) is 4.80. The molecule has 30 heavy (non-hydrogen) atoms. The molecule has 8 heteroatoms. The second kappa shape index (κ2) is 8.60. The maximum absolute atomic E-state index is 13.1. The van der Waals surface area contributed by atoms with Crippen LogP contribution in [0, 0.1) is 0 Å². The van der Waals surface area contributed by atoms with Gasteiger partial charge in [0.15, 0.2) is 0 Å². The van der Waals surface area contributed by atoms with Crippen LogP contribution in [0.25, 0.3) is 11.3 Å². The van der Waals surface area contributed by atoms with Crippen LogP contribution >= 0.6 is 0 Å². The second-order valence-corrected chi connectivity index (χ2v) is 6.79. The first-order chi connectivity index (χ1) is 14.6. The molecule has 1 atom stereocenters. The summed E-state index contributed by atoms with van der Waals surface area (Å²) in [6.45, 7) is 0.420. The number of nitrogens with zero attached hydrogens (tertiary/aromatic N) is 5. The minimum atomic E-state index is -0.290. The van der Waals surface area contributed by atoms with E-state index in [1.807, 2.05) is 54.6 Å². The number of rotatable bonds is 7. The zero-order valence-electron chi connectivity index (χ0n) is 16.8. The van der Waals surface area contributed by atoms with Crippen molar-refractivity contribution in [2.45, 2.75) is 12.6 Å². The molecule has 1 N–H and O–H groups in total. The summed E-state index contributed by atoms with van der Waals surface area (Å²) in [4.78, 5) is 14.7. The molecule has 8 nitrogen and oxygen atoms in total. The van der Waals surface area contributed by atoms with Gasteiger partial charge in [-0.1, -0.05) is 42.5 Å². The van der Waals surface area contributed by atoms with Crippen molar-refractivity contribution in [2.75, 3.05) is 7.11 Å². The Balaban J connectivity index is 1.59. The quantitative estimate of drug-likeness (QED) is 0.514. The number of aryl methyl sites for hydroxylation is 1. The molecule has 0 aliphatic rings. The molecule has 0 aliphatic heterocycles. The molecule has 0 bridgehead atoms. The fourth-order valence-corrected chi connectivity index (χ4v) is 3.26. The summed E-state index contributed by atoms with van der Waals surface area (Å²) in [5.41, 5.74) is 3.01. The fraction of sp³-hybridized carbons (Fsp3) is 0.182. The van der Waals surface area contributed by atoms with Crippen molar-refractivity contribution in [1.82, 2.24) is 30.1 Å². The molecule has 0 radical (unpaired) electrons. The number of hydrogen-bond donors (Lipinski definition) is 1. The van der Waals surface area contributed by atoms with Gasteiger partial charge in [-0.15, -0.1) is 0 Å². The van der Waals surface area contributed by atoms with Gasteiger partial charge < -0.3 is 10.1 Å². The minimum absolute atomic E-state index is 0.222. The van der Waals surface area contributed by atoms with Crippen LogP contribution in [0.4, 0.5) is 0 Å². The van der Waals surface area contributed by atoms with Gasteiger partial charge in [-0.25, -0.2) is 0 Å². The highest BCUT2D eigenvalue weighted by atomic mass is 16.5. The van der Waals surface area contributed by atoms with E-state index in [9.17, 15) is 4.79 Å². The first-order valence-corrected chi connectivity index (χ1v) is 9.52. The van der Waals surface area contributed by atoms with Crippen molar-refractivity contribution in [3.8, 4) is 17.0 Å². The predicted octanol–water partition coefficient (Wildman–Crippen LogP) is 2.86. The van der Waals surface area contributed by atoms with E-state index in [0.717, 1.165) is 16.9 Å². The van der Waals surface area contributed by atoms with Crippen LogP contribution in [0.5, 0.6) is 5.75 Å². The number of carbonyl (C=O) groups is 1. The van der Waals surface area contributed by atoms with E-state index in [1.54, 1.807) is 42.1 Å². The predicted molar refractivity (Wildman–Crippen MR) is 112 cm³/mol. The second-order valence-electron chi connectivity index (χ2n) is 6.79. The lowest BCUT2D eigenvalue weighted by molar-refractivity contribution is 0.0921. The lowest BCUT2D eigenvalue weighted by Gasteiger charge is -2.18. The highest BCUT2D eigenvalue weighted by Gasteiger charge is 2.20. The topological polar surface area (TPSA) is 86.9 Å². The molecule has 0 saturated carbocycles. The number of carbonyl (C=O) groups excluding carboxylic acids is 1. The van der Waals surface area contributed by atoms with Gasteiger partial charge in [0.05, 0.1) is 37.8 Å². The highest BCUT2D eigenvalue weighted by Crippen LogP contribution is 2.24. The van der Waals surface area contributed by atoms with Crippen LogP contribution in [0.15, 0.2) is 73.1 Å². The van der Waals surface area contributed by atoms with Crippen molar-refractivity contribution in [3.05, 3.63) is 84.3 Å². The van der Waals surface area contributed by atoms with Crippen molar-refractivity contribution in [2.24, 2.45) is 7.05 Å². The van der Waals surface area contributed by atoms with Gasteiger partial charge in [0.1, 0.15) is 11.4 Å². The van der Waals surface area contributed by atoms with Crippen LogP contribution in [0.1, 0.15) is 22.1 Å². The molecule has 0 fully saturated rings. The number of methoxy groups -OCH3 is 1. The number of aromatic nitrogens is 5. The van der Waals surface area contributed by atoms with Crippen molar-refractivity contribution in [3.63, 3.8) is 0 Å². The molecular weight excluding hydrogens is 380 g/mol. The van der Waals surface area contributed by atoms with Gasteiger partial charge in [0.25, 0.3) is 5.91 Å². The van der Waals surface area contributed by atoms with Gasteiger partial charge in [0.2, 0.25) is 0 Å². The summed E-state index contributed by atoms with van der Waals surface area (Å²) in [5, 5.41) is 15.9. The summed E-state index contributed by atoms with van der Waals surface area (Å²) in [5.74, 6) is 0.514. The molecule has 4 rings (SSSR count). The Bertz CT molecular complexity index is 1120. The van der Waals surface area contributed by atoms with Crippen LogP contribution in [0.2, 0.25) is 0 Å². The van der Waals surface area contributed by atoms with Crippen molar-refractivity contribution < 1.29 is 9.53 Å². The van der Waals surface area contributed by atoms with Gasteiger partial charge in [-0.3, -0.25) is 9.48 Å². The molecule has 4 aromatic rings. The lowest BCUT2D eigenvalue weighted by Crippen LogP contribution is -2.33. The monoisotopic (exact) mass is 402 g/mol. The average Bonchev–Trinajstić information content (AvgIpc) is 3.43. The summed E-state index contributed by atoms with van der Waals surface area (Å²) < 4.78 is 6.87. The first-order valence-electron chi connectivity index (χ1n) is 9.52. The Morgan fingerprint density at radius 3 is 2.57 bits per heavy atom. The molecule has 2 aromatic carbocycles. The molecule has 2 heterocycles. The van der Waals surface area contributed by atoms with E-state index in [1.165, 1.54) is 0 Å². The zero-order valence-corrected chi connectivity index (χ0v) is 16.8. The van der Waals surface area contributed by atoms with Gasteiger partial charge >= 0.3 is 0 Å². The summed E-state index contributed by atoms with van der Waals surface area (Å²) in [6, 6.07) is 18.8. The van der Waals surface area contributed by atoms with Crippen LogP contribution in [-0.2, 0) is 13.6 Å². The van der Waals surface area contributed by atoms with E-state index in [0.29, 0.717) is 17.9 Å². The number of benzene rings is 2. The largest absolute Gasteiger partial charge is 0.497 e. The van der Waals surface area contributed by atoms with E-state index >= 15 is 0 Å². The number of nitrogens with one attached hydrogen (secondary N) is 1. The Hall–Kier alpha value is -3.94. The SMILES string of the molecule is COc1cccc(-c2cc(C(=O)NC(Cn3nccn3)c3ccccc3)n(C)n2)c1. The standard InChI is InChI=1S/C22H22N6O2/c1-27-21(14-19(26-27)17-9-6-10-18(13-17)30-2)22(29)25-20(15-28-23-11-12-24-28)16-7-4-3-5-8-16/h3-14,20H,15H2,1-2H3,(H,25,29). The zero-order chi connectivity index (χ0) is 20.9. The maximum atomic E-state index is 13.1. The molecule has 0 saturated heterocycles. The first kappa shape index (κ1) is 19.4. The summed E-state index contributed by atoms with van der Waals surface area (Å²) in [7, 11) is 3.37. The van der Waals surface area contributed by atoms with Crippen LogP contribution < -0.4 is 10.1 Å². The fourth-order valence-electron chi connectivity index (χ4n) is 3.26. The Kier molecular flexibility index (Phi) is 5.56. The molecular formula is C22H22N6O2. The van der Waals surface area contributed by atoms with Crippen molar-refractivity contribution in [1.29, 1.82) is 0 Å². The Morgan fingerprint density at radius 2 is 1.83 bits per heavy atom. The highest BCUT2D eigenvalue weighted by molar-refractivity contribution is 5.94.